The van der Waals surface area contributed by atoms with Gasteiger partial charge in [-0.2, -0.15) is 0 Å². The molecule has 8 atom stereocenters. The van der Waals surface area contributed by atoms with E-state index in [9.17, 15) is 4.79 Å². The highest BCUT2D eigenvalue weighted by Gasteiger charge is 2.58. The molecule has 2 saturated carbocycles. The fourth-order valence-corrected chi connectivity index (χ4v) is 8.15. The second-order valence-electron chi connectivity index (χ2n) is 11.2. The lowest BCUT2D eigenvalue weighted by Crippen LogP contribution is -2.55. The molecule has 158 valence electrons. The number of fused-ring (bicyclic) bond motifs is 6. The van der Waals surface area contributed by atoms with Crippen molar-refractivity contribution >= 4 is 5.78 Å². The summed E-state index contributed by atoms with van der Waals surface area (Å²) >= 11 is 0. The van der Waals surface area contributed by atoms with Crippen molar-refractivity contribution in [2.24, 2.45) is 29.4 Å². The van der Waals surface area contributed by atoms with Gasteiger partial charge >= 0.3 is 0 Å². The summed E-state index contributed by atoms with van der Waals surface area (Å²) in [5.74, 6) is 2.95. The smallest absolute Gasteiger partial charge is 0.137 e. The molecule has 0 radical (unpaired) electrons. The maximum atomic E-state index is 12.0. The number of nitrogens with two attached hydrogens (primary N) is 1. The summed E-state index contributed by atoms with van der Waals surface area (Å²) in [4.78, 5) is 12.0. The molecule has 3 N–H and O–H groups in total. The predicted molar refractivity (Wildman–Crippen MR) is 113 cm³/mol. The third-order valence-corrected chi connectivity index (χ3v) is 9.78. The molecule has 29 heavy (non-hydrogen) atoms. The van der Waals surface area contributed by atoms with Gasteiger partial charge in [0.1, 0.15) is 5.78 Å². The Kier molecular flexibility index (Phi) is 4.06. The first-order valence-electron chi connectivity index (χ1n) is 12.0. The molecule has 0 bridgehead atoms. The predicted octanol–water partition coefficient (Wildman–Crippen LogP) is 3.66. The monoisotopic (exact) mass is 396 g/mol. The number of ether oxygens (including phenoxy) is 1. The Morgan fingerprint density at radius 2 is 2.17 bits per heavy atom. The standard InChI is InChI=1S/C25H36N2O2/c1-14-9-23-22(27-13-14)12-24(29-23)7-6-18-19-4-3-16-10-17(28)5-8-25(16,26)21(19)11-20(18)15(24)2/h3,14,18-19,21-23,27H,4-13,26H2,1-2H3/t14-,18?,19?,21?,22-,23+,24+,25+/m0/s1. The minimum absolute atomic E-state index is 0.0354. The first kappa shape index (κ1) is 18.8. The number of rotatable bonds is 0. The molecule has 0 amide bonds. The van der Waals surface area contributed by atoms with Gasteiger partial charge in [0.05, 0.1) is 11.7 Å². The fourth-order valence-electron chi connectivity index (χ4n) is 8.15. The van der Waals surface area contributed by atoms with Crippen LogP contribution in [0.5, 0.6) is 0 Å². The summed E-state index contributed by atoms with van der Waals surface area (Å²) in [7, 11) is 0. The average Bonchev–Trinajstić information content (AvgIpc) is 3.25. The van der Waals surface area contributed by atoms with Gasteiger partial charge < -0.3 is 15.8 Å². The number of hydrogen-bond acceptors (Lipinski definition) is 4. The van der Waals surface area contributed by atoms with Crippen LogP contribution < -0.4 is 11.1 Å². The average molecular weight is 397 g/mol. The molecule has 0 aromatic carbocycles. The maximum Gasteiger partial charge on any atom is 0.137 e. The summed E-state index contributed by atoms with van der Waals surface area (Å²) < 4.78 is 6.87. The molecule has 6 rings (SSSR count). The van der Waals surface area contributed by atoms with E-state index in [4.69, 9.17) is 10.5 Å². The maximum absolute atomic E-state index is 12.0. The van der Waals surface area contributed by atoms with Crippen LogP contribution in [0.3, 0.4) is 0 Å². The molecular weight excluding hydrogens is 360 g/mol. The highest BCUT2D eigenvalue weighted by molar-refractivity contribution is 5.83. The first-order chi connectivity index (χ1) is 13.9. The Morgan fingerprint density at radius 1 is 1.31 bits per heavy atom. The van der Waals surface area contributed by atoms with Gasteiger partial charge in [0, 0.05) is 24.4 Å². The molecule has 2 heterocycles. The largest absolute Gasteiger partial charge is 0.366 e. The summed E-state index contributed by atoms with van der Waals surface area (Å²) in [6.45, 7) is 5.84. The summed E-state index contributed by atoms with van der Waals surface area (Å²) in [6, 6.07) is 0.528. The van der Waals surface area contributed by atoms with Gasteiger partial charge in [0.25, 0.3) is 0 Å². The lowest BCUT2D eigenvalue weighted by atomic mass is 9.61. The quantitative estimate of drug-likeness (QED) is 0.614. The van der Waals surface area contributed by atoms with E-state index in [2.05, 4.69) is 25.2 Å². The van der Waals surface area contributed by atoms with E-state index in [1.54, 1.807) is 11.1 Å². The van der Waals surface area contributed by atoms with E-state index < -0.39 is 0 Å². The number of nitrogens with one attached hydrogen (secondary N) is 1. The number of carbonyl (C=O) groups excluding carboxylic acids is 1. The third-order valence-electron chi connectivity index (χ3n) is 9.78. The second-order valence-corrected chi connectivity index (χ2v) is 11.2. The van der Waals surface area contributed by atoms with Crippen LogP contribution in [0.2, 0.25) is 0 Å². The van der Waals surface area contributed by atoms with Crippen LogP contribution in [-0.4, -0.2) is 35.6 Å². The van der Waals surface area contributed by atoms with E-state index in [1.807, 2.05) is 0 Å². The summed E-state index contributed by atoms with van der Waals surface area (Å²) in [5.41, 5.74) is 11.3. The lowest BCUT2D eigenvalue weighted by Gasteiger charge is -2.47. The highest BCUT2D eigenvalue weighted by atomic mass is 16.5. The zero-order valence-corrected chi connectivity index (χ0v) is 18.0. The zero-order valence-electron chi connectivity index (χ0n) is 18.0. The lowest BCUT2D eigenvalue weighted by molar-refractivity contribution is -0.120. The van der Waals surface area contributed by atoms with Crippen molar-refractivity contribution in [3.8, 4) is 0 Å². The van der Waals surface area contributed by atoms with Crippen LogP contribution in [0.25, 0.3) is 0 Å². The minimum Gasteiger partial charge on any atom is -0.366 e. The number of Topliss-reactive ketones (excluding diaryl/α,β-unsaturated/α-hetero) is 1. The minimum atomic E-state index is -0.240. The normalized spacial score (nSPS) is 51.4. The third kappa shape index (κ3) is 2.58. The molecular formula is C25H36N2O2. The molecule has 4 fully saturated rings. The Hall–Kier alpha value is -0.970. The van der Waals surface area contributed by atoms with Crippen LogP contribution in [-0.2, 0) is 9.53 Å². The SMILES string of the molecule is CC1=C2CC3C(CC=C4CC(=O)CC[C@@]43N)C2CC[C@@]12C[C@@H]1NC[C@@H](C)C[C@H]1O2. The van der Waals surface area contributed by atoms with Gasteiger partial charge in [-0.3, -0.25) is 4.79 Å². The Balaban J connectivity index is 1.32. The second kappa shape index (κ2) is 6.27. The number of ketones is 1. The van der Waals surface area contributed by atoms with Crippen LogP contribution in [0.15, 0.2) is 22.8 Å². The number of carbonyl (C=O) groups is 1. The molecule has 1 spiro atoms. The molecule has 0 aromatic rings. The Morgan fingerprint density at radius 3 is 3.03 bits per heavy atom. The molecule has 2 aliphatic heterocycles. The molecule has 3 unspecified atom stereocenters. The summed E-state index contributed by atoms with van der Waals surface area (Å²) in [6.07, 6.45) is 11.9. The van der Waals surface area contributed by atoms with Crippen LogP contribution in [0.4, 0.5) is 0 Å². The van der Waals surface area contributed by atoms with Crippen molar-refractivity contribution in [1.29, 1.82) is 0 Å². The molecule has 4 heteroatoms. The van der Waals surface area contributed by atoms with E-state index in [0.29, 0.717) is 54.4 Å². The van der Waals surface area contributed by atoms with Crippen molar-refractivity contribution in [2.75, 3.05) is 6.54 Å². The van der Waals surface area contributed by atoms with Crippen molar-refractivity contribution in [3.63, 3.8) is 0 Å². The molecule has 4 aliphatic carbocycles. The van der Waals surface area contributed by atoms with E-state index in [0.717, 1.165) is 32.2 Å². The van der Waals surface area contributed by atoms with E-state index in [-0.39, 0.29) is 11.1 Å². The van der Waals surface area contributed by atoms with Crippen molar-refractivity contribution in [3.05, 3.63) is 22.8 Å². The van der Waals surface area contributed by atoms with Gasteiger partial charge in [0.2, 0.25) is 0 Å². The number of allylic oxidation sites excluding steroid dienone is 2. The summed E-state index contributed by atoms with van der Waals surface area (Å²) in [5, 5.41) is 3.77. The van der Waals surface area contributed by atoms with Gasteiger partial charge in [0.15, 0.2) is 0 Å². The van der Waals surface area contributed by atoms with Gasteiger partial charge in [-0.1, -0.05) is 18.6 Å². The van der Waals surface area contributed by atoms with Crippen LogP contribution in [0, 0.1) is 23.7 Å². The fraction of sp³-hybridized carbons (Fsp3) is 0.800. The molecule has 4 nitrogen and oxygen atoms in total. The molecule has 0 aromatic heterocycles. The molecule has 6 aliphatic rings. The Bertz CT molecular complexity index is 816. The molecule has 2 saturated heterocycles. The van der Waals surface area contributed by atoms with E-state index in [1.165, 1.54) is 24.8 Å². The first-order valence-corrected chi connectivity index (χ1v) is 12.0. The van der Waals surface area contributed by atoms with Crippen molar-refractivity contribution < 1.29 is 9.53 Å². The van der Waals surface area contributed by atoms with Crippen molar-refractivity contribution in [1.82, 2.24) is 5.32 Å². The van der Waals surface area contributed by atoms with Gasteiger partial charge in [-0.15, -0.1) is 0 Å². The van der Waals surface area contributed by atoms with Gasteiger partial charge in [-0.05, 0) is 93.2 Å². The van der Waals surface area contributed by atoms with Crippen molar-refractivity contribution in [2.45, 2.75) is 94.9 Å². The van der Waals surface area contributed by atoms with E-state index >= 15 is 0 Å². The highest BCUT2D eigenvalue weighted by Crippen LogP contribution is 2.61. The van der Waals surface area contributed by atoms with Crippen LogP contribution in [0.1, 0.15) is 71.6 Å². The van der Waals surface area contributed by atoms with Gasteiger partial charge in [-0.25, -0.2) is 0 Å². The number of hydrogen-bond donors (Lipinski definition) is 2. The Labute approximate surface area is 174 Å². The topological polar surface area (TPSA) is 64.4 Å². The van der Waals surface area contributed by atoms with Crippen LogP contribution >= 0.6 is 0 Å². The zero-order chi connectivity index (χ0) is 20.0. The number of piperidine rings is 1.